The highest BCUT2D eigenvalue weighted by atomic mass is 16.2. The normalized spacial score (nSPS) is 13.6. The molecule has 1 aromatic heterocycles. The van der Waals surface area contributed by atoms with E-state index in [2.05, 4.69) is 5.10 Å². The molecule has 6 heteroatoms. The third-order valence-corrected chi connectivity index (χ3v) is 3.28. The Morgan fingerprint density at radius 2 is 1.90 bits per heavy atom. The first kappa shape index (κ1) is 12.1. The molecule has 0 saturated carbocycles. The van der Waals surface area contributed by atoms with E-state index in [1.165, 1.54) is 10.9 Å². The number of aromatic nitrogens is 2. The van der Waals surface area contributed by atoms with E-state index in [0.29, 0.717) is 11.1 Å². The summed E-state index contributed by atoms with van der Waals surface area (Å²) < 4.78 is 1.35. The smallest absolute Gasteiger partial charge is 0.267 e. The highest BCUT2D eigenvalue weighted by Gasteiger charge is 2.39. The van der Waals surface area contributed by atoms with Gasteiger partial charge in [-0.3, -0.25) is 14.3 Å². The van der Waals surface area contributed by atoms with E-state index in [1.807, 2.05) is 13.0 Å². The Balaban J connectivity index is 2.20. The lowest BCUT2D eigenvalue weighted by molar-refractivity contribution is 0.0923. The van der Waals surface area contributed by atoms with Crippen LogP contribution in [0.15, 0.2) is 24.4 Å². The maximum atomic E-state index is 12.4. The van der Waals surface area contributed by atoms with Crippen molar-refractivity contribution < 1.29 is 9.59 Å². The summed E-state index contributed by atoms with van der Waals surface area (Å²) in [7, 11) is 1.59. The van der Waals surface area contributed by atoms with Crippen molar-refractivity contribution in [3.63, 3.8) is 0 Å². The van der Waals surface area contributed by atoms with E-state index in [1.54, 1.807) is 25.2 Å². The molecule has 0 N–H and O–H groups in total. The molecule has 0 bridgehead atoms. The van der Waals surface area contributed by atoms with Crippen LogP contribution in [0.5, 0.6) is 0 Å². The average molecular weight is 266 g/mol. The number of imide groups is 1. The maximum Gasteiger partial charge on any atom is 0.267 e. The number of carbonyl (C=O) groups excluding carboxylic acids is 2. The Morgan fingerprint density at radius 1 is 1.20 bits per heavy atom. The van der Waals surface area contributed by atoms with Crippen molar-refractivity contribution in [2.75, 3.05) is 4.90 Å². The quantitative estimate of drug-likeness (QED) is 0.731. The molecule has 6 nitrogen and oxygen atoms in total. The van der Waals surface area contributed by atoms with E-state index in [9.17, 15) is 9.59 Å². The fraction of sp³-hybridized carbons (Fsp3) is 0.143. The van der Waals surface area contributed by atoms with E-state index in [-0.39, 0.29) is 11.4 Å². The number of hydrogen-bond donors (Lipinski definition) is 0. The second-order valence-electron chi connectivity index (χ2n) is 4.61. The van der Waals surface area contributed by atoms with Gasteiger partial charge in [0, 0.05) is 7.05 Å². The largest absolute Gasteiger partial charge is 0.268 e. The van der Waals surface area contributed by atoms with E-state index in [0.717, 1.165) is 10.5 Å². The molecule has 0 saturated heterocycles. The summed E-state index contributed by atoms with van der Waals surface area (Å²) >= 11 is 0. The van der Waals surface area contributed by atoms with Crippen molar-refractivity contribution in [1.29, 1.82) is 5.26 Å². The van der Waals surface area contributed by atoms with Gasteiger partial charge in [-0.1, -0.05) is 11.6 Å². The lowest BCUT2D eigenvalue weighted by Crippen LogP contribution is -2.31. The molecule has 0 atom stereocenters. The fourth-order valence-electron chi connectivity index (χ4n) is 2.32. The number of nitrogens with zero attached hydrogens (tertiary/aromatic N) is 4. The molecule has 3 rings (SSSR count). The van der Waals surface area contributed by atoms with Gasteiger partial charge in [0.25, 0.3) is 11.8 Å². The number of anilines is 1. The predicted molar refractivity (Wildman–Crippen MR) is 70.2 cm³/mol. The monoisotopic (exact) mass is 266 g/mol. The Morgan fingerprint density at radius 3 is 2.60 bits per heavy atom. The highest BCUT2D eigenvalue weighted by Crippen LogP contribution is 2.30. The van der Waals surface area contributed by atoms with E-state index in [4.69, 9.17) is 5.26 Å². The van der Waals surface area contributed by atoms with Crippen LogP contribution in [-0.4, -0.2) is 21.6 Å². The molecular weight excluding hydrogens is 256 g/mol. The molecule has 0 radical (unpaired) electrons. The molecule has 1 aromatic carbocycles. The van der Waals surface area contributed by atoms with Gasteiger partial charge in [0.2, 0.25) is 0 Å². The Kier molecular flexibility index (Phi) is 2.44. The molecule has 0 spiro atoms. The summed E-state index contributed by atoms with van der Waals surface area (Å²) in [5.41, 5.74) is 1.81. The van der Waals surface area contributed by atoms with Gasteiger partial charge >= 0.3 is 0 Å². The SMILES string of the molecule is Cc1ccc2c(c1)C(=O)N(c1c(C#N)cnn1C)C2=O. The number of hydrogen-bond acceptors (Lipinski definition) is 4. The molecular formula is C14H10N4O2. The van der Waals surface area contributed by atoms with Crippen LogP contribution in [-0.2, 0) is 7.05 Å². The molecule has 98 valence electrons. The van der Waals surface area contributed by atoms with Crippen LogP contribution >= 0.6 is 0 Å². The summed E-state index contributed by atoms with van der Waals surface area (Å²) in [6, 6.07) is 7.03. The van der Waals surface area contributed by atoms with Crippen LogP contribution in [0.1, 0.15) is 31.8 Å². The van der Waals surface area contributed by atoms with E-state index < -0.39 is 11.8 Å². The van der Waals surface area contributed by atoms with Crippen LogP contribution in [0.4, 0.5) is 5.82 Å². The van der Waals surface area contributed by atoms with Crippen molar-refractivity contribution in [3.8, 4) is 6.07 Å². The second-order valence-corrected chi connectivity index (χ2v) is 4.61. The van der Waals surface area contributed by atoms with Crippen molar-refractivity contribution >= 4 is 17.6 Å². The molecule has 0 aliphatic carbocycles. The second kappa shape index (κ2) is 4.03. The lowest BCUT2D eigenvalue weighted by atomic mass is 10.1. The minimum Gasteiger partial charge on any atom is -0.268 e. The van der Waals surface area contributed by atoms with Crippen LogP contribution in [0, 0.1) is 18.3 Å². The van der Waals surface area contributed by atoms with Crippen molar-refractivity contribution in [1.82, 2.24) is 9.78 Å². The number of carbonyl (C=O) groups is 2. The fourth-order valence-corrected chi connectivity index (χ4v) is 2.32. The predicted octanol–water partition coefficient (Wildman–Crippen LogP) is 1.40. The molecule has 2 aromatic rings. The van der Waals surface area contributed by atoms with Crippen LogP contribution in [0.3, 0.4) is 0 Å². The van der Waals surface area contributed by atoms with Gasteiger partial charge in [-0.2, -0.15) is 10.4 Å². The first-order valence-corrected chi connectivity index (χ1v) is 5.96. The Labute approximate surface area is 114 Å². The third kappa shape index (κ3) is 1.47. The van der Waals surface area contributed by atoms with Gasteiger partial charge in [-0.05, 0) is 19.1 Å². The standard InChI is InChI=1S/C14H10N4O2/c1-8-3-4-10-11(5-8)14(20)18(13(10)19)12-9(6-15)7-16-17(12)2/h3-5,7H,1-2H3. The summed E-state index contributed by atoms with van der Waals surface area (Å²) in [6.07, 6.45) is 1.34. The zero-order valence-electron chi connectivity index (χ0n) is 10.9. The van der Waals surface area contributed by atoms with Crippen molar-refractivity contribution in [3.05, 3.63) is 46.6 Å². The molecule has 0 fully saturated rings. The highest BCUT2D eigenvalue weighted by molar-refractivity contribution is 6.34. The molecule has 2 amide bonds. The van der Waals surface area contributed by atoms with Gasteiger partial charge in [-0.15, -0.1) is 0 Å². The minimum atomic E-state index is -0.426. The van der Waals surface area contributed by atoms with Gasteiger partial charge in [0.15, 0.2) is 5.82 Å². The van der Waals surface area contributed by atoms with E-state index >= 15 is 0 Å². The van der Waals surface area contributed by atoms with Crippen LogP contribution < -0.4 is 4.90 Å². The van der Waals surface area contributed by atoms with Gasteiger partial charge < -0.3 is 0 Å². The van der Waals surface area contributed by atoms with Crippen molar-refractivity contribution in [2.24, 2.45) is 7.05 Å². The number of amides is 2. The minimum absolute atomic E-state index is 0.193. The summed E-state index contributed by atoms with van der Waals surface area (Å²) in [6.45, 7) is 1.85. The van der Waals surface area contributed by atoms with Gasteiger partial charge in [0.05, 0.1) is 17.3 Å². The molecule has 2 heterocycles. The van der Waals surface area contributed by atoms with Crippen LogP contribution in [0.2, 0.25) is 0 Å². The topological polar surface area (TPSA) is 79.0 Å². The first-order chi connectivity index (χ1) is 9.54. The number of rotatable bonds is 1. The Hall–Kier alpha value is -2.94. The zero-order chi connectivity index (χ0) is 14.4. The summed E-state index contributed by atoms with van der Waals surface area (Å²) in [4.78, 5) is 25.8. The number of aryl methyl sites for hydroxylation is 2. The van der Waals surface area contributed by atoms with Crippen molar-refractivity contribution in [2.45, 2.75) is 6.92 Å². The van der Waals surface area contributed by atoms with Gasteiger partial charge in [-0.25, -0.2) is 4.90 Å². The first-order valence-electron chi connectivity index (χ1n) is 5.96. The van der Waals surface area contributed by atoms with Gasteiger partial charge in [0.1, 0.15) is 11.6 Å². The summed E-state index contributed by atoms with van der Waals surface area (Å²) in [5.74, 6) is -0.643. The van der Waals surface area contributed by atoms with Crippen LogP contribution in [0.25, 0.3) is 0 Å². The number of benzene rings is 1. The molecule has 1 aliphatic rings. The molecule has 20 heavy (non-hydrogen) atoms. The average Bonchev–Trinajstić information content (AvgIpc) is 2.89. The Bertz CT molecular complexity index is 798. The lowest BCUT2D eigenvalue weighted by Gasteiger charge is -2.14. The molecule has 0 unspecified atom stereocenters. The zero-order valence-corrected chi connectivity index (χ0v) is 10.9. The number of fused-ring (bicyclic) bond motifs is 1. The third-order valence-electron chi connectivity index (χ3n) is 3.28. The maximum absolute atomic E-state index is 12.4. The molecule has 1 aliphatic heterocycles. The number of nitriles is 1. The summed E-state index contributed by atoms with van der Waals surface area (Å²) in [5, 5.41) is 13.0.